The van der Waals surface area contributed by atoms with Gasteiger partial charge in [0, 0.05) is 24.2 Å². The highest BCUT2D eigenvalue weighted by Crippen LogP contribution is 2.27. The number of carbonyl (C=O) groups is 2. The van der Waals surface area contributed by atoms with Crippen molar-refractivity contribution in [2.24, 2.45) is 5.92 Å². The number of piperidine rings is 1. The zero-order chi connectivity index (χ0) is 25.0. The van der Waals surface area contributed by atoms with Crippen molar-refractivity contribution in [2.45, 2.75) is 30.8 Å². The van der Waals surface area contributed by atoms with Gasteiger partial charge in [-0.1, -0.05) is 36.4 Å². The molecule has 1 N–H and O–H groups in total. The molecule has 0 aromatic heterocycles. The summed E-state index contributed by atoms with van der Waals surface area (Å²) in [7, 11) is -2.15. The molecule has 8 nitrogen and oxygen atoms in total. The van der Waals surface area contributed by atoms with Crippen molar-refractivity contribution in [2.75, 3.05) is 25.5 Å². The Balaban J connectivity index is 1.32. The third kappa shape index (κ3) is 5.47. The third-order valence-electron chi connectivity index (χ3n) is 6.19. The number of benzene rings is 3. The maximum atomic E-state index is 12.9. The molecule has 1 aliphatic rings. The molecular formula is C26H28N2O6S. The molecule has 0 saturated carbocycles. The number of hydrogen-bond acceptors (Lipinski definition) is 6. The second kappa shape index (κ2) is 10.5. The van der Waals surface area contributed by atoms with E-state index >= 15 is 0 Å². The second-order valence-corrected chi connectivity index (χ2v) is 10.4. The number of esters is 1. The molecule has 0 radical (unpaired) electrons. The zero-order valence-corrected chi connectivity index (χ0v) is 20.5. The fourth-order valence-corrected chi connectivity index (χ4v) is 5.59. The summed E-state index contributed by atoms with van der Waals surface area (Å²) in [6.07, 6.45) is -0.333. The number of ether oxygens (including phenoxy) is 2. The van der Waals surface area contributed by atoms with Crippen LogP contribution < -0.4 is 10.1 Å². The number of hydrogen-bond donors (Lipinski definition) is 1. The van der Waals surface area contributed by atoms with Crippen LogP contribution in [0, 0.1) is 5.92 Å². The summed E-state index contributed by atoms with van der Waals surface area (Å²) in [6, 6.07) is 19.5. The highest BCUT2D eigenvalue weighted by molar-refractivity contribution is 7.89. The van der Waals surface area contributed by atoms with Gasteiger partial charge < -0.3 is 14.8 Å². The van der Waals surface area contributed by atoms with Gasteiger partial charge in [0.2, 0.25) is 10.0 Å². The standard InChI is InChI=1S/C26H28N2O6S/c1-18(25(29)27-24-9-5-7-19-6-3-4-8-23(19)24)34-26(30)20-14-16-28(17-15-20)35(31,32)22-12-10-21(33-2)11-13-22/h3-13,18,20H,14-17H2,1-2H3,(H,27,29). The average Bonchev–Trinajstić information content (AvgIpc) is 2.89. The summed E-state index contributed by atoms with van der Waals surface area (Å²) in [5.41, 5.74) is 0.646. The Morgan fingerprint density at radius 2 is 1.63 bits per heavy atom. The molecule has 1 aliphatic heterocycles. The highest BCUT2D eigenvalue weighted by atomic mass is 32.2. The molecule has 0 bridgehead atoms. The third-order valence-corrected chi connectivity index (χ3v) is 8.11. The van der Waals surface area contributed by atoms with Gasteiger partial charge in [0.15, 0.2) is 6.10 Å². The normalized spacial score (nSPS) is 15.9. The summed E-state index contributed by atoms with van der Waals surface area (Å²) in [5.74, 6) is -0.810. The molecule has 1 fully saturated rings. The van der Waals surface area contributed by atoms with Crippen molar-refractivity contribution in [3.8, 4) is 5.75 Å². The predicted molar refractivity (Wildman–Crippen MR) is 133 cm³/mol. The van der Waals surface area contributed by atoms with E-state index in [4.69, 9.17) is 9.47 Å². The lowest BCUT2D eigenvalue weighted by Gasteiger charge is -2.30. The number of amides is 1. The fourth-order valence-electron chi connectivity index (χ4n) is 4.12. The summed E-state index contributed by atoms with van der Waals surface area (Å²) in [6.45, 7) is 1.93. The number of nitrogens with zero attached hydrogens (tertiary/aromatic N) is 1. The minimum absolute atomic E-state index is 0.179. The van der Waals surface area contributed by atoms with Crippen LogP contribution in [-0.2, 0) is 24.3 Å². The van der Waals surface area contributed by atoms with E-state index in [0.717, 1.165) is 10.8 Å². The minimum atomic E-state index is -3.66. The van der Waals surface area contributed by atoms with Crippen LogP contribution >= 0.6 is 0 Å². The van der Waals surface area contributed by atoms with E-state index < -0.39 is 33.9 Å². The van der Waals surface area contributed by atoms with Crippen LogP contribution in [0.3, 0.4) is 0 Å². The van der Waals surface area contributed by atoms with E-state index in [9.17, 15) is 18.0 Å². The quantitative estimate of drug-likeness (QED) is 0.499. The van der Waals surface area contributed by atoms with Crippen molar-refractivity contribution in [3.05, 3.63) is 66.7 Å². The van der Waals surface area contributed by atoms with E-state index in [1.54, 1.807) is 18.2 Å². The van der Waals surface area contributed by atoms with Crippen molar-refractivity contribution < 1.29 is 27.5 Å². The molecule has 1 heterocycles. The lowest BCUT2D eigenvalue weighted by Crippen LogP contribution is -2.41. The van der Waals surface area contributed by atoms with Crippen LogP contribution in [0.15, 0.2) is 71.6 Å². The molecule has 184 valence electrons. The molecule has 3 aromatic rings. The van der Waals surface area contributed by atoms with Crippen LogP contribution in [0.2, 0.25) is 0 Å². The number of carbonyl (C=O) groups excluding carboxylic acids is 2. The minimum Gasteiger partial charge on any atom is -0.497 e. The van der Waals surface area contributed by atoms with Crippen molar-refractivity contribution in [1.29, 1.82) is 0 Å². The molecule has 0 spiro atoms. The van der Waals surface area contributed by atoms with E-state index in [1.165, 1.54) is 30.5 Å². The first-order valence-corrected chi connectivity index (χ1v) is 12.9. The molecule has 9 heteroatoms. The Hall–Kier alpha value is -3.43. The smallest absolute Gasteiger partial charge is 0.309 e. The number of anilines is 1. The van der Waals surface area contributed by atoms with E-state index in [1.807, 2.05) is 36.4 Å². The molecule has 1 saturated heterocycles. The van der Waals surface area contributed by atoms with Crippen molar-refractivity contribution >= 4 is 38.4 Å². The number of fused-ring (bicyclic) bond motifs is 1. The Kier molecular flexibility index (Phi) is 7.37. The van der Waals surface area contributed by atoms with Crippen molar-refractivity contribution in [1.82, 2.24) is 4.31 Å². The van der Waals surface area contributed by atoms with Gasteiger partial charge in [-0.05, 0) is 55.5 Å². The number of rotatable bonds is 7. The van der Waals surface area contributed by atoms with Gasteiger partial charge in [0.25, 0.3) is 5.91 Å². The molecular weight excluding hydrogens is 468 g/mol. The molecule has 1 amide bonds. The maximum Gasteiger partial charge on any atom is 0.309 e. The Bertz CT molecular complexity index is 1310. The first-order valence-electron chi connectivity index (χ1n) is 11.4. The second-order valence-electron chi connectivity index (χ2n) is 8.45. The predicted octanol–water partition coefficient (Wildman–Crippen LogP) is 3.82. The monoisotopic (exact) mass is 496 g/mol. The topological polar surface area (TPSA) is 102 Å². The molecule has 1 unspecified atom stereocenters. The Morgan fingerprint density at radius 3 is 2.31 bits per heavy atom. The van der Waals surface area contributed by atoms with Gasteiger partial charge in [-0.15, -0.1) is 0 Å². The molecule has 4 rings (SSSR count). The molecule has 1 atom stereocenters. The zero-order valence-electron chi connectivity index (χ0n) is 19.6. The van der Waals surface area contributed by atoms with Crippen molar-refractivity contribution in [3.63, 3.8) is 0 Å². The number of nitrogens with one attached hydrogen (secondary N) is 1. The van der Waals surface area contributed by atoms with E-state index in [2.05, 4.69) is 5.32 Å². The van der Waals surface area contributed by atoms with Crippen LogP contribution in [-0.4, -0.2) is 50.9 Å². The largest absolute Gasteiger partial charge is 0.497 e. The lowest BCUT2D eigenvalue weighted by molar-refractivity contribution is -0.158. The van der Waals surface area contributed by atoms with Crippen LogP contribution in [0.5, 0.6) is 5.75 Å². The van der Waals surface area contributed by atoms with Crippen LogP contribution in [0.4, 0.5) is 5.69 Å². The van der Waals surface area contributed by atoms with Gasteiger partial charge in [-0.25, -0.2) is 8.42 Å². The molecule has 35 heavy (non-hydrogen) atoms. The molecule has 0 aliphatic carbocycles. The van der Waals surface area contributed by atoms with Crippen LogP contribution in [0.25, 0.3) is 10.8 Å². The average molecular weight is 497 g/mol. The van der Waals surface area contributed by atoms with E-state index in [0.29, 0.717) is 24.3 Å². The lowest BCUT2D eigenvalue weighted by atomic mass is 9.98. The van der Waals surface area contributed by atoms with Gasteiger partial charge in [-0.3, -0.25) is 9.59 Å². The fraction of sp³-hybridized carbons (Fsp3) is 0.308. The Morgan fingerprint density at radius 1 is 0.971 bits per heavy atom. The van der Waals surface area contributed by atoms with Gasteiger partial charge in [0.1, 0.15) is 5.75 Å². The van der Waals surface area contributed by atoms with E-state index in [-0.39, 0.29) is 18.0 Å². The van der Waals surface area contributed by atoms with Gasteiger partial charge in [-0.2, -0.15) is 4.31 Å². The highest BCUT2D eigenvalue weighted by Gasteiger charge is 2.34. The SMILES string of the molecule is COc1ccc(S(=O)(=O)N2CCC(C(=O)OC(C)C(=O)Nc3cccc4ccccc34)CC2)cc1. The first-order chi connectivity index (χ1) is 16.8. The summed E-state index contributed by atoms with van der Waals surface area (Å²) < 4.78 is 37.7. The van der Waals surface area contributed by atoms with Crippen LogP contribution in [0.1, 0.15) is 19.8 Å². The number of methoxy groups -OCH3 is 1. The van der Waals surface area contributed by atoms with Gasteiger partial charge in [0.05, 0.1) is 17.9 Å². The Labute approximate surface area is 204 Å². The first kappa shape index (κ1) is 24.7. The number of sulfonamides is 1. The maximum absolute atomic E-state index is 12.9. The molecule has 3 aromatic carbocycles. The summed E-state index contributed by atoms with van der Waals surface area (Å²) in [4.78, 5) is 25.5. The van der Waals surface area contributed by atoms with Gasteiger partial charge >= 0.3 is 5.97 Å². The summed E-state index contributed by atoms with van der Waals surface area (Å²) >= 11 is 0. The summed E-state index contributed by atoms with van der Waals surface area (Å²) in [5, 5.41) is 4.72.